The van der Waals surface area contributed by atoms with Crippen LogP contribution in [0.5, 0.6) is 0 Å². The lowest BCUT2D eigenvalue weighted by Crippen LogP contribution is -2.12. The van der Waals surface area contributed by atoms with Crippen LogP contribution in [-0.2, 0) is 9.84 Å². The number of pyridine rings is 1. The van der Waals surface area contributed by atoms with E-state index in [0.29, 0.717) is 11.5 Å². The van der Waals surface area contributed by atoms with Crippen molar-refractivity contribution in [2.75, 3.05) is 6.26 Å². The van der Waals surface area contributed by atoms with E-state index in [-0.39, 0.29) is 4.90 Å². The molecule has 0 amide bonds. The van der Waals surface area contributed by atoms with E-state index in [9.17, 15) is 8.42 Å². The van der Waals surface area contributed by atoms with Crippen molar-refractivity contribution in [1.29, 1.82) is 0 Å². The molecule has 0 unspecified atom stereocenters. The van der Waals surface area contributed by atoms with Gasteiger partial charge in [-0.2, -0.15) is 0 Å². The van der Waals surface area contributed by atoms with E-state index in [1.807, 2.05) is 0 Å². The van der Waals surface area contributed by atoms with Crippen molar-refractivity contribution >= 4 is 21.4 Å². The zero-order valence-electron chi connectivity index (χ0n) is 10.3. The quantitative estimate of drug-likeness (QED) is 0.679. The van der Waals surface area contributed by atoms with E-state index < -0.39 is 9.84 Å². The van der Waals surface area contributed by atoms with Crippen LogP contribution in [0.1, 0.15) is 5.56 Å². The zero-order valence-corrected chi connectivity index (χ0v) is 11.1. The van der Waals surface area contributed by atoms with E-state index >= 15 is 0 Å². The number of aromatic nitrogens is 1. The Bertz CT molecular complexity index is 692. The molecule has 1 heterocycles. The van der Waals surface area contributed by atoms with Crippen LogP contribution in [0.3, 0.4) is 0 Å². The van der Waals surface area contributed by atoms with Gasteiger partial charge >= 0.3 is 0 Å². The van der Waals surface area contributed by atoms with Crippen LogP contribution in [0.15, 0.2) is 58.7 Å². The molecule has 0 aliphatic carbocycles. The lowest BCUT2D eigenvalue weighted by atomic mass is 10.2. The summed E-state index contributed by atoms with van der Waals surface area (Å²) in [4.78, 5) is 8.42. The first-order chi connectivity index (χ1) is 8.97. The van der Waals surface area contributed by atoms with E-state index in [1.165, 1.54) is 12.1 Å². The molecule has 0 saturated carbocycles. The van der Waals surface area contributed by atoms with Crippen molar-refractivity contribution in [3.63, 3.8) is 0 Å². The van der Waals surface area contributed by atoms with Gasteiger partial charge in [-0.25, -0.2) is 13.4 Å². The fourth-order valence-corrected chi connectivity index (χ4v) is 2.12. The van der Waals surface area contributed by atoms with Crippen molar-refractivity contribution in [1.82, 2.24) is 4.98 Å². The lowest BCUT2D eigenvalue weighted by Gasteiger charge is -2.01. The predicted molar refractivity (Wildman–Crippen MR) is 74.2 cm³/mol. The van der Waals surface area contributed by atoms with Gasteiger partial charge in [-0.05, 0) is 36.4 Å². The number of sulfone groups is 1. The molecule has 0 fully saturated rings. The summed E-state index contributed by atoms with van der Waals surface area (Å²) in [7, 11) is -3.19. The summed E-state index contributed by atoms with van der Waals surface area (Å²) in [6.07, 6.45) is 4.43. The minimum atomic E-state index is -3.19. The summed E-state index contributed by atoms with van der Waals surface area (Å²) in [5.74, 6) is 0.334. The summed E-state index contributed by atoms with van der Waals surface area (Å²) in [5.41, 5.74) is 7.15. The number of nitrogens with two attached hydrogens (primary N) is 1. The highest BCUT2D eigenvalue weighted by atomic mass is 32.2. The number of rotatable bonds is 3. The standard InChI is InChI=1S/C13H13N3O2S/c1-19(17,18)12-6-4-11(5-7-12)16-13(14)10-3-2-8-15-9-10/h2-9H,1H3,(H2,14,16). The maximum absolute atomic E-state index is 11.3. The summed E-state index contributed by atoms with van der Waals surface area (Å²) >= 11 is 0. The van der Waals surface area contributed by atoms with Crippen LogP contribution in [0.2, 0.25) is 0 Å². The first-order valence-electron chi connectivity index (χ1n) is 5.51. The van der Waals surface area contributed by atoms with Crippen LogP contribution in [0.4, 0.5) is 5.69 Å². The number of hydrogen-bond acceptors (Lipinski definition) is 4. The summed E-state index contributed by atoms with van der Waals surface area (Å²) in [6.45, 7) is 0. The normalized spacial score (nSPS) is 12.4. The van der Waals surface area contributed by atoms with E-state index in [2.05, 4.69) is 9.98 Å². The van der Waals surface area contributed by atoms with Crippen LogP contribution in [0.25, 0.3) is 0 Å². The molecule has 19 heavy (non-hydrogen) atoms. The average molecular weight is 275 g/mol. The third-order valence-electron chi connectivity index (χ3n) is 2.47. The minimum absolute atomic E-state index is 0.256. The number of amidine groups is 1. The Morgan fingerprint density at radius 1 is 1.21 bits per heavy atom. The Labute approximate surface area is 111 Å². The highest BCUT2D eigenvalue weighted by molar-refractivity contribution is 7.90. The van der Waals surface area contributed by atoms with Gasteiger partial charge in [0.05, 0.1) is 10.6 Å². The highest BCUT2D eigenvalue weighted by Crippen LogP contribution is 2.17. The van der Waals surface area contributed by atoms with Crippen LogP contribution >= 0.6 is 0 Å². The molecule has 0 spiro atoms. The van der Waals surface area contributed by atoms with Crippen molar-refractivity contribution in [3.8, 4) is 0 Å². The second-order valence-corrected chi connectivity index (χ2v) is 6.02. The van der Waals surface area contributed by atoms with E-state index in [1.54, 1.807) is 36.7 Å². The molecule has 1 aromatic heterocycles. The third-order valence-corrected chi connectivity index (χ3v) is 3.60. The molecular formula is C13H13N3O2S. The molecule has 98 valence electrons. The number of benzene rings is 1. The molecule has 0 bridgehead atoms. The monoisotopic (exact) mass is 275 g/mol. The first kappa shape index (κ1) is 13.2. The smallest absolute Gasteiger partial charge is 0.175 e. The largest absolute Gasteiger partial charge is 0.383 e. The number of nitrogens with zero attached hydrogens (tertiary/aromatic N) is 2. The fraction of sp³-hybridized carbons (Fsp3) is 0.0769. The molecule has 0 aliphatic heterocycles. The molecule has 5 nitrogen and oxygen atoms in total. The third kappa shape index (κ3) is 3.38. The molecule has 1 aromatic carbocycles. The van der Waals surface area contributed by atoms with E-state index in [4.69, 9.17) is 5.73 Å². The van der Waals surface area contributed by atoms with Crippen molar-refractivity contribution < 1.29 is 8.42 Å². The second kappa shape index (κ2) is 5.19. The topological polar surface area (TPSA) is 85.4 Å². The summed E-state index contributed by atoms with van der Waals surface area (Å²) in [6, 6.07) is 9.80. The van der Waals surface area contributed by atoms with Crippen molar-refractivity contribution in [3.05, 3.63) is 54.4 Å². The highest BCUT2D eigenvalue weighted by Gasteiger charge is 2.06. The van der Waals surface area contributed by atoms with Gasteiger partial charge in [0.1, 0.15) is 5.84 Å². The van der Waals surface area contributed by atoms with Crippen molar-refractivity contribution in [2.24, 2.45) is 10.7 Å². The molecule has 0 saturated heterocycles. The van der Waals surface area contributed by atoms with Crippen LogP contribution in [0, 0.1) is 0 Å². The second-order valence-electron chi connectivity index (χ2n) is 4.00. The van der Waals surface area contributed by atoms with Gasteiger partial charge in [0, 0.05) is 24.2 Å². The summed E-state index contributed by atoms with van der Waals surface area (Å²) < 4.78 is 22.6. The molecule has 0 radical (unpaired) electrons. The van der Waals surface area contributed by atoms with Crippen molar-refractivity contribution in [2.45, 2.75) is 4.90 Å². The minimum Gasteiger partial charge on any atom is -0.383 e. The van der Waals surface area contributed by atoms with Gasteiger partial charge < -0.3 is 5.73 Å². The molecule has 6 heteroatoms. The Kier molecular flexibility index (Phi) is 3.62. The molecule has 2 aromatic rings. The Balaban J connectivity index is 2.29. The lowest BCUT2D eigenvalue weighted by molar-refractivity contribution is 0.602. The predicted octanol–water partition coefficient (Wildman–Crippen LogP) is 1.52. The van der Waals surface area contributed by atoms with E-state index in [0.717, 1.165) is 11.8 Å². The van der Waals surface area contributed by atoms with Gasteiger partial charge in [-0.15, -0.1) is 0 Å². The maximum atomic E-state index is 11.3. The van der Waals surface area contributed by atoms with Crippen LogP contribution in [-0.4, -0.2) is 25.5 Å². The molecule has 2 N–H and O–H groups in total. The Hall–Kier alpha value is -2.21. The van der Waals surface area contributed by atoms with Crippen LogP contribution < -0.4 is 5.73 Å². The fourth-order valence-electron chi connectivity index (χ4n) is 1.49. The summed E-state index contributed by atoms with van der Waals surface area (Å²) in [5, 5.41) is 0. The van der Waals surface area contributed by atoms with Gasteiger partial charge in [-0.1, -0.05) is 0 Å². The molecular weight excluding hydrogens is 262 g/mol. The van der Waals surface area contributed by atoms with Gasteiger partial charge in [0.15, 0.2) is 9.84 Å². The maximum Gasteiger partial charge on any atom is 0.175 e. The number of hydrogen-bond donors (Lipinski definition) is 1. The van der Waals surface area contributed by atoms with Gasteiger partial charge in [0.25, 0.3) is 0 Å². The first-order valence-corrected chi connectivity index (χ1v) is 7.40. The van der Waals surface area contributed by atoms with Gasteiger partial charge in [-0.3, -0.25) is 4.98 Å². The molecule has 0 aliphatic rings. The zero-order chi connectivity index (χ0) is 13.9. The number of aliphatic imine (C=N–C) groups is 1. The molecule has 2 rings (SSSR count). The SMILES string of the molecule is CS(=O)(=O)c1ccc(N=C(N)c2cccnc2)cc1. The average Bonchev–Trinajstić information content (AvgIpc) is 2.39. The van der Waals surface area contributed by atoms with Gasteiger partial charge in [0.2, 0.25) is 0 Å². The Morgan fingerprint density at radius 2 is 1.89 bits per heavy atom. The Morgan fingerprint density at radius 3 is 2.42 bits per heavy atom. The molecule has 0 atom stereocenters.